The summed E-state index contributed by atoms with van der Waals surface area (Å²) >= 11 is 6.02. The summed E-state index contributed by atoms with van der Waals surface area (Å²) in [7, 11) is 0. The lowest BCUT2D eigenvalue weighted by molar-refractivity contribution is -0.274. The molecule has 1 aromatic heterocycles. The molecular formula is C15H10ClF3N2O2. The minimum absolute atomic E-state index is 0.133. The fourth-order valence-corrected chi connectivity index (χ4v) is 2.56. The van der Waals surface area contributed by atoms with E-state index in [2.05, 4.69) is 14.7 Å². The standard InChI is InChI=1S/C15H10ClF3N2O2/c16-10-2-1-3-13(23-15(17,18)19)9(10)6-8-4-5-11-12(7-8)21-14(22)20-11/h1-5,7H,6H2,(H2,20,21,22). The number of aromatic amines is 2. The molecule has 120 valence electrons. The molecule has 0 amide bonds. The van der Waals surface area contributed by atoms with E-state index in [1.54, 1.807) is 18.2 Å². The lowest BCUT2D eigenvalue weighted by atomic mass is 10.0. The van der Waals surface area contributed by atoms with Crippen LogP contribution in [0.3, 0.4) is 0 Å². The SMILES string of the molecule is O=c1[nH]c2ccc(Cc3c(Cl)cccc3OC(F)(F)F)cc2[nH]1. The van der Waals surface area contributed by atoms with Gasteiger partial charge in [-0.15, -0.1) is 13.2 Å². The zero-order chi connectivity index (χ0) is 16.6. The average Bonchev–Trinajstić information content (AvgIpc) is 2.80. The fourth-order valence-electron chi connectivity index (χ4n) is 2.32. The monoisotopic (exact) mass is 342 g/mol. The number of halogens is 4. The van der Waals surface area contributed by atoms with Gasteiger partial charge in [0.05, 0.1) is 11.0 Å². The van der Waals surface area contributed by atoms with Crippen molar-refractivity contribution < 1.29 is 17.9 Å². The van der Waals surface area contributed by atoms with Crippen LogP contribution in [-0.2, 0) is 6.42 Å². The average molecular weight is 343 g/mol. The van der Waals surface area contributed by atoms with Crippen LogP contribution in [0.25, 0.3) is 11.0 Å². The highest BCUT2D eigenvalue weighted by atomic mass is 35.5. The van der Waals surface area contributed by atoms with Crippen LogP contribution < -0.4 is 10.4 Å². The summed E-state index contributed by atoms with van der Waals surface area (Å²) in [5.41, 5.74) is 1.75. The van der Waals surface area contributed by atoms with E-state index in [0.29, 0.717) is 16.6 Å². The Kier molecular flexibility index (Phi) is 3.81. The van der Waals surface area contributed by atoms with Crippen LogP contribution in [0.5, 0.6) is 5.75 Å². The second kappa shape index (κ2) is 5.66. The second-order valence-electron chi connectivity index (χ2n) is 4.90. The normalized spacial score (nSPS) is 11.8. The number of ether oxygens (including phenoxy) is 1. The first-order valence-corrected chi connectivity index (χ1v) is 6.94. The molecule has 8 heteroatoms. The predicted molar refractivity (Wildman–Crippen MR) is 79.9 cm³/mol. The third-order valence-electron chi connectivity index (χ3n) is 3.26. The molecule has 3 aromatic rings. The Morgan fingerprint density at radius 1 is 1.09 bits per heavy atom. The lowest BCUT2D eigenvalue weighted by Crippen LogP contribution is -2.18. The highest BCUT2D eigenvalue weighted by molar-refractivity contribution is 6.31. The Morgan fingerprint density at radius 2 is 1.83 bits per heavy atom. The summed E-state index contributed by atoms with van der Waals surface area (Å²) in [5.74, 6) is -0.340. The van der Waals surface area contributed by atoms with Crippen LogP contribution in [0.1, 0.15) is 11.1 Å². The van der Waals surface area contributed by atoms with E-state index in [4.69, 9.17) is 11.6 Å². The van der Waals surface area contributed by atoms with Crippen LogP contribution in [0, 0.1) is 0 Å². The molecule has 0 aliphatic carbocycles. The van der Waals surface area contributed by atoms with Gasteiger partial charge in [-0.3, -0.25) is 0 Å². The number of rotatable bonds is 3. The van der Waals surface area contributed by atoms with Gasteiger partial charge >= 0.3 is 12.1 Å². The zero-order valence-electron chi connectivity index (χ0n) is 11.5. The van der Waals surface area contributed by atoms with Crippen LogP contribution in [-0.4, -0.2) is 16.3 Å². The fraction of sp³-hybridized carbons (Fsp3) is 0.133. The van der Waals surface area contributed by atoms with Gasteiger partial charge in [-0.25, -0.2) is 4.79 Å². The van der Waals surface area contributed by atoms with Crippen molar-refractivity contribution in [1.82, 2.24) is 9.97 Å². The first-order valence-electron chi connectivity index (χ1n) is 6.56. The Labute approximate surface area is 132 Å². The first-order chi connectivity index (χ1) is 10.8. The van der Waals surface area contributed by atoms with Gasteiger partial charge in [-0.05, 0) is 29.8 Å². The van der Waals surface area contributed by atoms with Crippen molar-refractivity contribution in [2.24, 2.45) is 0 Å². The van der Waals surface area contributed by atoms with Gasteiger partial charge in [0.15, 0.2) is 0 Å². The number of hydrogen-bond acceptors (Lipinski definition) is 2. The maximum Gasteiger partial charge on any atom is 0.573 e. The molecule has 0 radical (unpaired) electrons. The highest BCUT2D eigenvalue weighted by Gasteiger charge is 2.32. The number of aromatic nitrogens is 2. The highest BCUT2D eigenvalue weighted by Crippen LogP contribution is 2.33. The number of H-pyrrole nitrogens is 2. The Balaban J connectivity index is 1.98. The van der Waals surface area contributed by atoms with Crippen molar-refractivity contribution in [2.45, 2.75) is 12.8 Å². The Bertz CT molecular complexity index is 915. The van der Waals surface area contributed by atoms with E-state index >= 15 is 0 Å². The molecule has 0 saturated heterocycles. The quantitative estimate of drug-likeness (QED) is 0.756. The lowest BCUT2D eigenvalue weighted by Gasteiger charge is -2.14. The number of nitrogens with one attached hydrogen (secondary N) is 2. The molecular weight excluding hydrogens is 333 g/mol. The van der Waals surface area contributed by atoms with Crippen molar-refractivity contribution in [3.8, 4) is 5.75 Å². The van der Waals surface area contributed by atoms with Crippen molar-refractivity contribution in [3.05, 3.63) is 63.0 Å². The molecule has 0 aliphatic heterocycles. The molecule has 0 atom stereocenters. The van der Waals surface area contributed by atoms with E-state index < -0.39 is 6.36 Å². The largest absolute Gasteiger partial charge is 0.573 e. The van der Waals surface area contributed by atoms with Gasteiger partial charge in [0, 0.05) is 17.0 Å². The number of fused-ring (bicyclic) bond motifs is 1. The summed E-state index contributed by atoms with van der Waals surface area (Å²) in [6, 6.07) is 9.15. The van der Waals surface area contributed by atoms with Gasteiger partial charge in [0.25, 0.3) is 0 Å². The van der Waals surface area contributed by atoms with E-state index in [-0.39, 0.29) is 28.4 Å². The van der Waals surface area contributed by atoms with E-state index in [1.807, 2.05) is 0 Å². The summed E-state index contributed by atoms with van der Waals surface area (Å²) in [6.45, 7) is 0. The Morgan fingerprint density at radius 3 is 2.57 bits per heavy atom. The van der Waals surface area contributed by atoms with Gasteiger partial charge < -0.3 is 14.7 Å². The molecule has 0 unspecified atom stereocenters. The maximum atomic E-state index is 12.5. The smallest absolute Gasteiger partial charge is 0.405 e. The molecule has 0 bridgehead atoms. The van der Waals surface area contributed by atoms with Gasteiger partial charge in [0.2, 0.25) is 0 Å². The van der Waals surface area contributed by atoms with Gasteiger partial charge in [0.1, 0.15) is 5.75 Å². The molecule has 0 spiro atoms. The summed E-state index contributed by atoms with van der Waals surface area (Å²) < 4.78 is 41.5. The van der Waals surface area contributed by atoms with Crippen molar-refractivity contribution in [2.75, 3.05) is 0 Å². The van der Waals surface area contributed by atoms with Crippen LogP contribution in [0.4, 0.5) is 13.2 Å². The predicted octanol–water partition coefficient (Wildman–Crippen LogP) is 4.00. The number of imidazole rings is 1. The summed E-state index contributed by atoms with van der Waals surface area (Å²) in [5, 5.41) is 0.175. The topological polar surface area (TPSA) is 57.9 Å². The summed E-state index contributed by atoms with van der Waals surface area (Å²) in [4.78, 5) is 16.4. The minimum atomic E-state index is -4.80. The number of hydrogen-bond donors (Lipinski definition) is 2. The second-order valence-corrected chi connectivity index (χ2v) is 5.31. The molecule has 0 fully saturated rings. The Hall–Kier alpha value is -2.41. The van der Waals surface area contributed by atoms with E-state index in [0.717, 1.165) is 0 Å². The molecule has 2 N–H and O–H groups in total. The molecule has 0 aliphatic rings. The van der Waals surface area contributed by atoms with Crippen LogP contribution in [0.15, 0.2) is 41.2 Å². The molecule has 23 heavy (non-hydrogen) atoms. The first kappa shape index (κ1) is 15.5. The number of alkyl halides is 3. The van der Waals surface area contributed by atoms with E-state index in [1.165, 1.54) is 18.2 Å². The summed E-state index contributed by atoms with van der Waals surface area (Å²) in [6.07, 6.45) is -4.66. The van der Waals surface area contributed by atoms with Crippen LogP contribution in [0.2, 0.25) is 5.02 Å². The van der Waals surface area contributed by atoms with Crippen molar-refractivity contribution in [3.63, 3.8) is 0 Å². The van der Waals surface area contributed by atoms with Gasteiger partial charge in [-0.1, -0.05) is 23.7 Å². The molecule has 3 rings (SSSR count). The molecule has 0 saturated carbocycles. The third kappa shape index (κ3) is 3.50. The van der Waals surface area contributed by atoms with Crippen molar-refractivity contribution >= 4 is 22.6 Å². The molecule has 2 aromatic carbocycles. The van der Waals surface area contributed by atoms with Gasteiger partial charge in [-0.2, -0.15) is 0 Å². The van der Waals surface area contributed by atoms with Crippen LogP contribution >= 0.6 is 11.6 Å². The minimum Gasteiger partial charge on any atom is -0.405 e. The number of benzene rings is 2. The zero-order valence-corrected chi connectivity index (χ0v) is 12.3. The third-order valence-corrected chi connectivity index (χ3v) is 3.62. The van der Waals surface area contributed by atoms with E-state index in [9.17, 15) is 18.0 Å². The molecule has 1 heterocycles. The maximum absolute atomic E-state index is 12.5. The molecule has 4 nitrogen and oxygen atoms in total. The van der Waals surface area contributed by atoms with Crippen molar-refractivity contribution in [1.29, 1.82) is 0 Å².